The third kappa shape index (κ3) is 3.17. The van der Waals surface area contributed by atoms with Crippen LogP contribution in [0.4, 0.5) is 5.82 Å². The molecule has 0 aliphatic heterocycles. The van der Waals surface area contributed by atoms with Gasteiger partial charge in [0.2, 0.25) is 0 Å². The summed E-state index contributed by atoms with van der Waals surface area (Å²) >= 11 is 9.25. The van der Waals surface area contributed by atoms with Crippen LogP contribution in [0.15, 0.2) is 35.2 Å². The molecule has 17 heavy (non-hydrogen) atoms. The lowest BCUT2D eigenvalue weighted by molar-refractivity contribution is 1.07. The van der Waals surface area contributed by atoms with E-state index in [4.69, 9.17) is 11.6 Å². The third-order valence-corrected chi connectivity index (χ3v) is 3.20. The second-order valence-corrected chi connectivity index (χ2v) is 4.93. The largest absolute Gasteiger partial charge is 0.365 e. The van der Waals surface area contributed by atoms with Crippen molar-refractivity contribution in [3.8, 4) is 0 Å². The lowest BCUT2D eigenvalue weighted by atomic mass is 10.1. The molecule has 0 aliphatic rings. The Morgan fingerprint density at radius 3 is 2.94 bits per heavy atom. The van der Waals surface area contributed by atoms with Crippen molar-refractivity contribution in [1.29, 1.82) is 0 Å². The van der Waals surface area contributed by atoms with Gasteiger partial charge >= 0.3 is 0 Å². The van der Waals surface area contributed by atoms with E-state index in [-0.39, 0.29) is 0 Å². The molecule has 0 radical (unpaired) electrons. The number of aryl methyl sites for hydroxylation is 1. The Morgan fingerprint density at radius 2 is 2.24 bits per heavy atom. The van der Waals surface area contributed by atoms with Gasteiger partial charge in [-0.05, 0) is 46.1 Å². The molecule has 0 saturated carbocycles. The lowest BCUT2D eigenvalue weighted by Gasteiger charge is -2.09. The van der Waals surface area contributed by atoms with Crippen LogP contribution in [0.5, 0.6) is 0 Å². The Morgan fingerprint density at radius 1 is 1.41 bits per heavy atom. The topological polar surface area (TPSA) is 37.8 Å². The van der Waals surface area contributed by atoms with Gasteiger partial charge in [-0.25, -0.2) is 4.98 Å². The van der Waals surface area contributed by atoms with E-state index in [9.17, 15) is 0 Å². The number of nitrogens with zero attached hydrogens (tertiary/aromatic N) is 2. The molecule has 2 aromatic rings. The Kier molecular flexibility index (Phi) is 3.97. The Hall–Kier alpha value is -1.13. The third-order valence-electron chi connectivity index (χ3n) is 2.39. The van der Waals surface area contributed by atoms with Crippen molar-refractivity contribution in [3.63, 3.8) is 0 Å². The second-order valence-electron chi connectivity index (χ2n) is 3.64. The van der Waals surface area contributed by atoms with Crippen LogP contribution in [0.1, 0.15) is 11.1 Å². The van der Waals surface area contributed by atoms with Gasteiger partial charge in [-0.2, -0.15) is 0 Å². The molecule has 1 N–H and O–H groups in total. The fourth-order valence-electron chi connectivity index (χ4n) is 1.42. The molecule has 0 aromatic carbocycles. The fraction of sp³-hybridized carbons (Fsp3) is 0.167. The van der Waals surface area contributed by atoms with Gasteiger partial charge in [0.25, 0.3) is 0 Å². The average Bonchev–Trinajstić information content (AvgIpc) is 2.30. The van der Waals surface area contributed by atoms with E-state index in [1.165, 1.54) is 5.56 Å². The van der Waals surface area contributed by atoms with E-state index < -0.39 is 0 Å². The molecule has 0 amide bonds. The highest BCUT2D eigenvalue weighted by Crippen LogP contribution is 2.23. The molecular formula is C12H11BrClN3. The van der Waals surface area contributed by atoms with E-state index in [1.54, 1.807) is 12.4 Å². The predicted octanol–water partition coefficient (Wildman–Crippen LogP) is 3.81. The minimum atomic E-state index is 0.613. The zero-order valence-electron chi connectivity index (χ0n) is 9.24. The van der Waals surface area contributed by atoms with Crippen molar-refractivity contribution in [1.82, 2.24) is 9.97 Å². The molecule has 0 atom stereocenters. The summed E-state index contributed by atoms with van der Waals surface area (Å²) < 4.78 is 0.858. The van der Waals surface area contributed by atoms with Crippen LogP contribution in [0.25, 0.3) is 0 Å². The maximum Gasteiger partial charge on any atom is 0.140 e. The molecule has 2 rings (SSSR count). The number of nitrogens with one attached hydrogen (secondary N) is 1. The van der Waals surface area contributed by atoms with Gasteiger partial charge in [-0.1, -0.05) is 11.6 Å². The summed E-state index contributed by atoms with van der Waals surface area (Å²) in [5.74, 6) is 0.783. The normalized spacial score (nSPS) is 10.3. The fourth-order valence-corrected chi connectivity index (χ4v) is 2.20. The molecule has 0 fully saturated rings. The standard InChI is InChI=1S/C12H11BrClN3/c1-8-5-15-3-2-9(8)6-16-12-11(13)4-10(14)7-17-12/h2-5,7H,6H2,1H3,(H,16,17). The molecule has 0 spiro atoms. The van der Waals surface area contributed by atoms with Crippen molar-refractivity contribution >= 4 is 33.3 Å². The molecule has 2 heterocycles. The summed E-state index contributed by atoms with van der Waals surface area (Å²) in [7, 11) is 0. The summed E-state index contributed by atoms with van der Waals surface area (Å²) in [5, 5.41) is 3.87. The molecular weight excluding hydrogens is 302 g/mol. The monoisotopic (exact) mass is 311 g/mol. The molecule has 0 unspecified atom stereocenters. The van der Waals surface area contributed by atoms with Gasteiger partial charge in [0, 0.05) is 25.1 Å². The van der Waals surface area contributed by atoms with E-state index in [2.05, 4.69) is 31.2 Å². The summed E-state index contributed by atoms with van der Waals surface area (Å²) in [6.07, 6.45) is 5.25. The lowest BCUT2D eigenvalue weighted by Crippen LogP contribution is -2.03. The van der Waals surface area contributed by atoms with Gasteiger partial charge in [0.05, 0.1) is 9.50 Å². The predicted molar refractivity (Wildman–Crippen MR) is 73.2 cm³/mol. The minimum absolute atomic E-state index is 0.613. The number of hydrogen-bond acceptors (Lipinski definition) is 3. The SMILES string of the molecule is Cc1cnccc1CNc1ncc(Cl)cc1Br. The van der Waals surface area contributed by atoms with Crippen molar-refractivity contribution in [3.05, 3.63) is 51.3 Å². The van der Waals surface area contributed by atoms with Crippen LogP contribution in [-0.4, -0.2) is 9.97 Å². The van der Waals surface area contributed by atoms with Crippen LogP contribution in [0.3, 0.4) is 0 Å². The smallest absolute Gasteiger partial charge is 0.140 e. The minimum Gasteiger partial charge on any atom is -0.365 e. The average molecular weight is 313 g/mol. The zero-order chi connectivity index (χ0) is 12.3. The number of anilines is 1. The van der Waals surface area contributed by atoms with Crippen molar-refractivity contribution in [2.45, 2.75) is 13.5 Å². The van der Waals surface area contributed by atoms with Gasteiger partial charge in [-0.3, -0.25) is 4.98 Å². The van der Waals surface area contributed by atoms with E-state index in [0.717, 1.165) is 15.9 Å². The molecule has 0 aliphatic carbocycles. The van der Waals surface area contributed by atoms with Gasteiger partial charge in [-0.15, -0.1) is 0 Å². The van der Waals surface area contributed by atoms with E-state index in [0.29, 0.717) is 11.6 Å². The maximum atomic E-state index is 5.83. The van der Waals surface area contributed by atoms with E-state index >= 15 is 0 Å². The first-order valence-electron chi connectivity index (χ1n) is 5.11. The molecule has 0 bridgehead atoms. The highest BCUT2D eigenvalue weighted by Gasteiger charge is 2.03. The first kappa shape index (κ1) is 12.3. The number of pyridine rings is 2. The highest BCUT2D eigenvalue weighted by atomic mass is 79.9. The van der Waals surface area contributed by atoms with Crippen LogP contribution in [0, 0.1) is 6.92 Å². The van der Waals surface area contributed by atoms with E-state index in [1.807, 2.05) is 25.3 Å². The quantitative estimate of drug-likeness (QED) is 0.936. The first-order chi connectivity index (χ1) is 8.16. The summed E-state index contributed by atoms with van der Waals surface area (Å²) in [5.41, 5.74) is 2.36. The Labute approximate surface area is 113 Å². The number of hydrogen-bond donors (Lipinski definition) is 1. The van der Waals surface area contributed by atoms with Gasteiger partial charge < -0.3 is 5.32 Å². The summed E-state index contributed by atoms with van der Waals surface area (Å²) in [6, 6.07) is 3.81. The molecule has 3 nitrogen and oxygen atoms in total. The summed E-state index contributed by atoms with van der Waals surface area (Å²) in [4.78, 5) is 8.28. The first-order valence-corrected chi connectivity index (χ1v) is 6.28. The van der Waals surface area contributed by atoms with Crippen LogP contribution < -0.4 is 5.32 Å². The van der Waals surface area contributed by atoms with Crippen LogP contribution in [-0.2, 0) is 6.54 Å². The zero-order valence-corrected chi connectivity index (χ0v) is 11.6. The molecule has 2 aromatic heterocycles. The molecule has 88 valence electrons. The number of halogens is 2. The molecule has 0 saturated heterocycles. The molecule has 5 heteroatoms. The maximum absolute atomic E-state index is 5.83. The number of rotatable bonds is 3. The van der Waals surface area contributed by atoms with Crippen molar-refractivity contribution < 1.29 is 0 Å². The second kappa shape index (κ2) is 5.47. The van der Waals surface area contributed by atoms with Crippen molar-refractivity contribution in [2.75, 3.05) is 5.32 Å². The Balaban J connectivity index is 2.10. The number of aromatic nitrogens is 2. The highest BCUT2D eigenvalue weighted by molar-refractivity contribution is 9.10. The van der Waals surface area contributed by atoms with Crippen LogP contribution >= 0.6 is 27.5 Å². The van der Waals surface area contributed by atoms with Crippen LogP contribution in [0.2, 0.25) is 5.02 Å². The van der Waals surface area contributed by atoms with Crippen molar-refractivity contribution in [2.24, 2.45) is 0 Å². The van der Waals surface area contributed by atoms with Gasteiger partial charge in [0.15, 0.2) is 0 Å². The summed E-state index contributed by atoms with van der Waals surface area (Å²) in [6.45, 7) is 2.75. The Bertz CT molecular complexity index is 531. The van der Waals surface area contributed by atoms with Gasteiger partial charge in [0.1, 0.15) is 5.82 Å².